The zero-order chi connectivity index (χ0) is 16.4. The zero-order valence-electron chi connectivity index (χ0n) is 13.4. The third kappa shape index (κ3) is 3.47. The second kappa shape index (κ2) is 6.83. The van der Waals surface area contributed by atoms with Gasteiger partial charge in [0, 0.05) is 12.5 Å². The summed E-state index contributed by atoms with van der Waals surface area (Å²) in [4.78, 5) is 26.0. The van der Waals surface area contributed by atoms with Crippen molar-refractivity contribution < 1.29 is 19.1 Å². The van der Waals surface area contributed by atoms with Gasteiger partial charge in [-0.25, -0.2) is 0 Å². The molecule has 0 aromatic heterocycles. The standard InChI is InChI=1S/C17H21NO4S/c1-3-22-17(20)14-8-13(14)16-18(15(19)10-23-16)9-11-5-4-6-12(7-11)21-2/h4-7,13-14,16H,3,8-10H2,1-2H3. The fourth-order valence-electron chi connectivity index (χ4n) is 3.02. The average Bonchev–Trinajstić information content (AvgIpc) is 3.27. The molecule has 0 bridgehead atoms. The van der Waals surface area contributed by atoms with E-state index in [0.29, 0.717) is 18.9 Å². The Bertz CT molecular complexity index is 606. The molecule has 5 nitrogen and oxygen atoms in total. The maximum Gasteiger partial charge on any atom is 0.309 e. The summed E-state index contributed by atoms with van der Waals surface area (Å²) >= 11 is 1.63. The van der Waals surface area contributed by atoms with Crippen LogP contribution < -0.4 is 4.74 Å². The Hall–Kier alpha value is -1.69. The van der Waals surface area contributed by atoms with Gasteiger partial charge in [-0.05, 0) is 31.0 Å². The van der Waals surface area contributed by atoms with E-state index < -0.39 is 0 Å². The SMILES string of the molecule is CCOC(=O)C1CC1C1SCC(=O)N1Cc1cccc(OC)c1. The molecule has 1 aromatic carbocycles. The van der Waals surface area contributed by atoms with E-state index in [2.05, 4.69) is 0 Å². The normalized spacial score (nSPS) is 26.3. The minimum atomic E-state index is -0.126. The summed E-state index contributed by atoms with van der Waals surface area (Å²) in [6.45, 7) is 2.78. The summed E-state index contributed by atoms with van der Waals surface area (Å²) in [5, 5.41) is 0.0723. The number of benzene rings is 1. The predicted octanol–water partition coefficient (Wildman–Crippen LogP) is 2.30. The van der Waals surface area contributed by atoms with E-state index in [1.165, 1.54) is 0 Å². The summed E-state index contributed by atoms with van der Waals surface area (Å²) in [6.07, 6.45) is 0.818. The third-order valence-electron chi connectivity index (χ3n) is 4.29. The molecule has 0 radical (unpaired) electrons. The first-order valence-corrected chi connectivity index (χ1v) is 8.89. The van der Waals surface area contributed by atoms with E-state index in [4.69, 9.17) is 9.47 Å². The Morgan fingerprint density at radius 2 is 2.26 bits per heavy atom. The lowest BCUT2D eigenvalue weighted by atomic mass is 10.2. The maximum atomic E-state index is 12.2. The highest BCUT2D eigenvalue weighted by Crippen LogP contribution is 2.50. The molecule has 3 rings (SSSR count). The van der Waals surface area contributed by atoms with Gasteiger partial charge in [0.2, 0.25) is 5.91 Å². The Labute approximate surface area is 140 Å². The predicted molar refractivity (Wildman–Crippen MR) is 88.0 cm³/mol. The highest BCUT2D eigenvalue weighted by atomic mass is 32.2. The van der Waals surface area contributed by atoms with Crippen molar-refractivity contribution in [2.75, 3.05) is 19.5 Å². The van der Waals surface area contributed by atoms with E-state index in [9.17, 15) is 9.59 Å². The van der Waals surface area contributed by atoms with Crippen LogP contribution in [0.4, 0.5) is 0 Å². The summed E-state index contributed by atoms with van der Waals surface area (Å²) in [7, 11) is 1.63. The van der Waals surface area contributed by atoms with Crippen molar-refractivity contribution in [1.29, 1.82) is 0 Å². The lowest BCUT2D eigenvalue weighted by Crippen LogP contribution is -2.34. The minimum absolute atomic E-state index is 0.0499. The van der Waals surface area contributed by atoms with Crippen LogP contribution in [0.2, 0.25) is 0 Å². The van der Waals surface area contributed by atoms with Crippen LogP contribution in [0.25, 0.3) is 0 Å². The molecule has 1 aliphatic heterocycles. The largest absolute Gasteiger partial charge is 0.497 e. The van der Waals surface area contributed by atoms with Crippen molar-refractivity contribution in [3.63, 3.8) is 0 Å². The van der Waals surface area contributed by atoms with Crippen molar-refractivity contribution in [2.45, 2.75) is 25.3 Å². The number of ether oxygens (including phenoxy) is 2. The summed E-state index contributed by atoms with van der Waals surface area (Å²) in [6, 6.07) is 7.75. The number of carbonyl (C=O) groups excluding carboxylic acids is 2. The molecular formula is C17H21NO4S. The molecule has 1 aliphatic carbocycles. The summed E-state index contributed by atoms with van der Waals surface area (Å²) in [5.74, 6) is 1.45. The van der Waals surface area contributed by atoms with Gasteiger partial charge in [0.1, 0.15) is 5.75 Å². The first kappa shape index (κ1) is 16.2. The number of rotatable bonds is 6. The van der Waals surface area contributed by atoms with Crippen molar-refractivity contribution in [3.05, 3.63) is 29.8 Å². The third-order valence-corrected chi connectivity index (χ3v) is 5.65. The van der Waals surface area contributed by atoms with Crippen LogP contribution in [0.3, 0.4) is 0 Å². The van der Waals surface area contributed by atoms with E-state index in [0.717, 1.165) is 17.7 Å². The topological polar surface area (TPSA) is 55.8 Å². The molecule has 1 saturated carbocycles. The van der Waals surface area contributed by atoms with Crippen LogP contribution >= 0.6 is 11.8 Å². The number of nitrogens with zero attached hydrogens (tertiary/aromatic N) is 1. The second-order valence-corrected chi connectivity index (χ2v) is 6.94. The van der Waals surface area contributed by atoms with Crippen molar-refractivity contribution in [3.8, 4) is 5.75 Å². The number of carbonyl (C=O) groups is 2. The molecule has 0 spiro atoms. The van der Waals surface area contributed by atoms with Crippen LogP contribution in [0.15, 0.2) is 24.3 Å². The average molecular weight is 335 g/mol. The van der Waals surface area contributed by atoms with Crippen molar-refractivity contribution in [2.24, 2.45) is 11.8 Å². The molecule has 124 valence electrons. The molecule has 3 atom stereocenters. The fraction of sp³-hybridized carbons (Fsp3) is 0.529. The molecule has 1 saturated heterocycles. The van der Waals surface area contributed by atoms with Gasteiger partial charge in [0.15, 0.2) is 0 Å². The number of thioether (sulfide) groups is 1. The van der Waals surface area contributed by atoms with E-state index in [-0.39, 0.29) is 29.1 Å². The van der Waals surface area contributed by atoms with Gasteiger partial charge in [0.05, 0.1) is 30.8 Å². The van der Waals surface area contributed by atoms with Gasteiger partial charge in [-0.2, -0.15) is 0 Å². The highest BCUT2D eigenvalue weighted by molar-refractivity contribution is 8.01. The molecule has 3 unspecified atom stereocenters. The van der Waals surface area contributed by atoms with Gasteiger partial charge in [-0.3, -0.25) is 9.59 Å². The molecule has 1 heterocycles. The first-order valence-electron chi connectivity index (χ1n) is 7.84. The molecule has 2 fully saturated rings. The molecule has 1 amide bonds. The highest BCUT2D eigenvalue weighted by Gasteiger charge is 2.53. The van der Waals surface area contributed by atoms with Gasteiger partial charge < -0.3 is 14.4 Å². The summed E-state index contributed by atoms with van der Waals surface area (Å²) < 4.78 is 10.3. The van der Waals surface area contributed by atoms with Crippen LogP contribution in [0.5, 0.6) is 5.75 Å². The van der Waals surface area contributed by atoms with E-state index in [1.807, 2.05) is 36.1 Å². The Morgan fingerprint density at radius 3 is 3.00 bits per heavy atom. The second-order valence-electron chi connectivity index (χ2n) is 5.83. The number of esters is 1. The van der Waals surface area contributed by atoms with E-state index >= 15 is 0 Å². The monoisotopic (exact) mass is 335 g/mol. The molecule has 2 aliphatic rings. The summed E-state index contributed by atoms with van der Waals surface area (Å²) in [5.41, 5.74) is 1.04. The number of hydrogen-bond donors (Lipinski definition) is 0. The molecule has 6 heteroatoms. The quantitative estimate of drug-likeness (QED) is 0.747. The zero-order valence-corrected chi connectivity index (χ0v) is 14.2. The van der Waals surface area contributed by atoms with Gasteiger partial charge in [0.25, 0.3) is 0 Å². The number of amides is 1. The lowest BCUT2D eigenvalue weighted by molar-refractivity contribution is -0.145. The first-order chi connectivity index (χ1) is 11.1. The number of hydrogen-bond acceptors (Lipinski definition) is 5. The van der Waals surface area contributed by atoms with Gasteiger partial charge in [-0.1, -0.05) is 12.1 Å². The van der Waals surface area contributed by atoms with Crippen LogP contribution in [0.1, 0.15) is 18.9 Å². The number of methoxy groups -OCH3 is 1. The smallest absolute Gasteiger partial charge is 0.309 e. The molecule has 1 aromatic rings. The minimum Gasteiger partial charge on any atom is -0.497 e. The van der Waals surface area contributed by atoms with Crippen LogP contribution in [-0.4, -0.2) is 41.6 Å². The van der Waals surface area contributed by atoms with Gasteiger partial charge in [-0.15, -0.1) is 11.8 Å². The molecular weight excluding hydrogens is 314 g/mol. The Kier molecular flexibility index (Phi) is 4.80. The van der Waals surface area contributed by atoms with Crippen molar-refractivity contribution >= 4 is 23.6 Å². The molecule has 23 heavy (non-hydrogen) atoms. The van der Waals surface area contributed by atoms with Crippen LogP contribution in [0, 0.1) is 11.8 Å². The van der Waals surface area contributed by atoms with Crippen molar-refractivity contribution in [1.82, 2.24) is 4.90 Å². The Morgan fingerprint density at radius 1 is 1.43 bits per heavy atom. The maximum absolute atomic E-state index is 12.2. The molecule has 0 N–H and O–H groups in total. The van der Waals surface area contributed by atoms with E-state index in [1.54, 1.807) is 18.9 Å². The lowest BCUT2D eigenvalue weighted by Gasteiger charge is -2.24. The van der Waals surface area contributed by atoms with Crippen LogP contribution in [-0.2, 0) is 20.9 Å². The van der Waals surface area contributed by atoms with Gasteiger partial charge >= 0.3 is 5.97 Å². The Balaban J connectivity index is 1.67. The fourth-order valence-corrected chi connectivity index (χ4v) is 4.42.